The van der Waals surface area contributed by atoms with Crippen LogP contribution in [-0.2, 0) is 30.6 Å². The number of hydrogen-bond acceptors (Lipinski definition) is 6. The van der Waals surface area contributed by atoms with Gasteiger partial charge in [0.2, 0.25) is 0 Å². The molecular weight excluding hydrogens is 394 g/mol. The Bertz CT molecular complexity index is 974. The summed E-state index contributed by atoms with van der Waals surface area (Å²) in [6, 6.07) is 15.4. The molecule has 0 radical (unpaired) electrons. The van der Waals surface area contributed by atoms with Gasteiger partial charge in [-0.25, -0.2) is 8.42 Å². The first-order valence-electron chi connectivity index (χ1n) is 9.24. The zero-order chi connectivity index (χ0) is 20.9. The van der Waals surface area contributed by atoms with Crippen molar-refractivity contribution < 1.29 is 27.5 Å². The number of carbonyl (C=O) groups excluding carboxylic acids is 2. The Kier molecular flexibility index (Phi) is 6.53. The fourth-order valence-corrected chi connectivity index (χ4v) is 5.04. The largest absolute Gasteiger partial charge is 0.497 e. The van der Waals surface area contributed by atoms with E-state index in [-0.39, 0.29) is 17.9 Å². The molecule has 0 N–H and O–H groups in total. The van der Waals surface area contributed by atoms with Gasteiger partial charge in [-0.1, -0.05) is 30.3 Å². The summed E-state index contributed by atoms with van der Waals surface area (Å²) in [5, 5.41) is 0. The quantitative estimate of drug-likeness (QED) is 0.640. The number of sulfone groups is 1. The highest BCUT2D eigenvalue weighted by atomic mass is 32.2. The number of benzene rings is 2. The molecule has 2 aromatic rings. The molecule has 1 amide bonds. The molecule has 1 fully saturated rings. The van der Waals surface area contributed by atoms with Gasteiger partial charge in [-0.05, 0) is 36.2 Å². The summed E-state index contributed by atoms with van der Waals surface area (Å²) in [6.45, 7) is -0.450. The lowest BCUT2D eigenvalue weighted by Gasteiger charge is -2.28. The molecule has 1 saturated heterocycles. The number of esters is 1. The van der Waals surface area contributed by atoms with Crippen molar-refractivity contribution in [1.82, 2.24) is 0 Å². The summed E-state index contributed by atoms with van der Waals surface area (Å²) in [5.41, 5.74) is 1.30. The van der Waals surface area contributed by atoms with Gasteiger partial charge in [0.15, 0.2) is 16.4 Å². The standard InChI is InChI=1S/C21H23NO6S/c1-27-19-9-5-6-16(12-19)13-21(24)28-14-20(23)22(17-7-3-2-4-8-17)18-10-11-29(25,26)15-18/h2-9,12,18H,10-11,13-15H2,1H3/t18-/m1/s1. The molecular formula is C21H23NO6S. The Morgan fingerprint density at radius 1 is 1.10 bits per heavy atom. The van der Waals surface area contributed by atoms with Crippen molar-refractivity contribution in [2.45, 2.75) is 18.9 Å². The number of nitrogens with zero attached hydrogens (tertiary/aromatic N) is 1. The maximum atomic E-state index is 12.8. The molecule has 1 aliphatic heterocycles. The van der Waals surface area contributed by atoms with E-state index in [0.717, 1.165) is 0 Å². The third-order valence-electron chi connectivity index (χ3n) is 4.72. The van der Waals surface area contributed by atoms with E-state index in [4.69, 9.17) is 9.47 Å². The van der Waals surface area contributed by atoms with E-state index in [1.54, 1.807) is 48.5 Å². The fraction of sp³-hybridized carbons (Fsp3) is 0.333. The first-order chi connectivity index (χ1) is 13.9. The first-order valence-corrected chi connectivity index (χ1v) is 11.1. The van der Waals surface area contributed by atoms with E-state index >= 15 is 0 Å². The minimum Gasteiger partial charge on any atom is -0.497 e. The van der Waals surface area contributed by atoms with Crippen LogP contribution in [0.4, 0.5) is 5.69 Å². The number of ether oxygens (including phenoxy) is 2. The summed E-state index contributed by atoms with van der Waals surface area (Å²) < 4.78 is 34.1. The van der Waals surface area contributed by atoms with E-state index in [9.17, 15) is 18.0 Å². The second-order valence-corrected chi connectivity index (χ2v) is 9.07. The Morgan fingerprint density at radius 2 is 1.86 bits per heavy atom. The van der Waals surface area contributed by atoms with Crippen LogP contribution in [0, 0.1) is 0 Å². The molecule has 0 saturated carbocycles. The summed E-state index contributed by atoms with van der Waals surface area (Å²) in [7, 11) is -1.63. The number of methoxy groups -OCH3 is 1. The smallest absolute Gasteiger partial charge is 0.310 e. The van der Waals surface area contributed by atoms with E-state index < -0.39 is 34.4 Å². The predicted molar refractivity (Wildman–Crippen MR) is 109 cm³/mol. The lowest BCUT2D eigenvalue weighted by Crippen LogP contribution is -2.43. The normalized spacial score (nSPS) is 17.5. The monoisotopic (exact) mass is 417 g/mol. The number of anilines is 1. The van der Waals surface area contributed by atoms with Gasteiger partial charge < -0.3 is 14.4 Å². The lowest BCUT2D eigenvalue weighted by atomic mass is 10.1. The first kappa shape index (κ1) is 20.9. The predicted octanol–water partition coefficient (Wildman–Crippen LogP) is 2.00. The van der Waals surface area contributed by atoms with Gasteiger partial charge in [0, 0.05) is 5.69 Å². The average molecular weight is 417 g/mol. The Hall–Kier alpha value is -2.87. The Labute approximate surface area is 170 Å². The zero-order valence-electron chi connectivity index (χ0n) is 16.1. The molecule has 2 aromatic carbocycles. The minimum absolute atomic E-state index is 0.00756. The summed E-state index contributed by atoms with van der Waals surface area (Å²) >= 11 is 0. The SMILES string of the molecule is COc1cccc(CC(=O)OCC(=O)N(c2ccccc2)[C@@H]2CCS(=O)(=O)C2)c1. The van der Waals surface area contributed by atoms with Crippen LogP contribution >= 0.6 is 0 Å². The maximum Gasteiger partial charge on any atom is 0.310 e. The van der Waals surface area contributed by atoms with Gasteiger partial charge in [0.05, 0.1) is 31.1 Å². The summed E-state index contributed by atoms with van der Waals surface area (Å²) in [5.74, 6) is -0.407. The van der Waals surface area contributed by atoms with E-state index in [1.807, 2.05) is 6.07 Å². The molecule has 0 spiro atoms. The lowest BCUT2D eigenvalue weighted by molar-refractivity contribution is -0.147. The van der Waals surface area contributed by atoms with Crippen molar-refractivity contribution >= 4 is 27.4 Å². The molecule has 0 aliphatic carbocycles. The van der Waals surface area contributed by atoms with Crippen LogP contribution in [0.5, 0.6) is 5.75 Å². The molecule has 29 heavy (non-hydrogen) atoms. The number of para-hydroxylation sites is 1. The van der Waals surface area contributed by atoms with Gasteiger partial charge in [-0.2, -0.15) is 0 Å². The Balaban J connectivity index is 1.66. The van der Waals surface area contributed by atoms with Crippen molar-refractivity contribution in [2.24, 2.45) is 0 Å². The van der Waals surface area contributed by atoms with Crippen LogP contribution in [0.15, 0.2) is 54.6 Å². The van der Waals surface area contributed by atoms with Crippen molar-refractivity contribution in [3.8, 4) is 5.75 Å². The van der Waals surface area contributed by atoms with Crippen LogP contribution in [0.3, 0.4) is 0 Å². The third kappa shape index (κ3) is 5.57. The molecule has 8 heteroatoms. The molecule has 154 valence electrons. The molecule has 3 rings (SSSR count). The van der Waals surface area contributed by atoms with E-state index in [0.29, 0.717) is 23.4 Å². The molecule has 1 heterocycles. The number of rotatable bonds is 7. The van der Waals surface area contributed by atoms with Crippen molar-refractivity contribution in [2.75, 3.05) is 30.1 Å². The highest BCUT2D eigenvalue weighted by Crippen LogP contribution is 2.24. The second-order valence-electron chi connectivity index (χ2n) is 6.85. The molecule has 1 aliphatic rings. The van der Waals surface area contributed by atoms with E-state index in [2.05, 4.69) is 0 Å². The highest BCUT2D eigenvalue weighted by molar-refractivity contribution is 7.91. The van der Waals surface area contributed by atoms with Crippen molar-refractivity contribution in [3.05, 3.63) is 60.2 Å². The van der Waals surface area contributed by atoms with Gasteiger partial charge in [-0.15, -0.1) is 0 Å². The van der Waals surface area contributed by atoms with Gasteiger partial charge in [0.1, 0.15) is 5.75 Å². The second kappa shape index (κ2) is 9.09. The zero-order valence-corrected chi connectivity index (χ0v) is 16.9. The number of hydrogen-bond donors (Lipinski definition) is 0. The minimum atomic E-state index is -3.17. The maximum absolute atomic E-state index is 12.8. The van der Waals surface area contributed by atoms with Gasteiger partial charge in [0.25, 0.3) is 5.91 Å². The Morgan fingerprint density at radius 3 is 2.52 bits per heavy atom. The molecule has 0 unspecified atom stereocenters. The van der Waals surface area contributed by atoms with Gasteiger partial charge >= 0.3 is 5.97 Å². The molecule has 7 nitrogen and oxygen atoms in total. The summed E-state index contributed by atoms with van der Waals surface area (Å²) in [4.78, 5) is 26.4. The third-order valence-corrected chi connectivity index (χ3v) is 6.47. The van der Waals surface area contributed by atoms with Crippen LogP contribution in [0.2, 0.25) is 0 Å². The van der Waals surface area contributed by atoms with Crippen LogP contribution < -0.4 is 9.64 Å². The average Bonchev–Trinajstić information content (AvgIpc) is 3.06. The van der Waals surface area contributed by atoms with Crippen LogP contribution in [0.1, 0.15) is 12.0 Å². The molecule has 0 aromatic heterocycles. The van der Waals surface area contributed by atoms with Crippen LogP contribution in [-0.4, -0.2) is 51.6 Å². The van der Waals surface area contributed by atoms with Gasteiger partial charge in [-0.3, -0.25) is 9.59 Å². The molecule has 0 bridgehead atoms. The van der Waals surface area contributed by atoms with Crippen molar-refractivity contribution in [3.63, 3.8) is 0 Å². The highest BCUT2D eigenvalue weighted by Gasteiger charge is 2.35. The van der Waals surface area contributed by atoms with Crippen molar-refractivity contribution in [1.29, 1.82) is 0 Å². The molecule has 1 atom stereocenters. The van der Waals surface area contributed by atoms with E-state index in [1.165, 1.54) is 12.0 Å². The number of carbonyl (C=O) groups is 2. The topological polar surface area (TPSA) is 90.0 Å². The fourth-order valence-electron chi connectivity index (χ4n) is 3.34. The number of amides is 1. The summed E-state index contributed by atoms with van der Waals surface area (Å²) in [6.07, 6.45) is 0.369. The van der Waals surface area contributed by atoms with Crippen LogP contribution in [0.25, 0.3) is 0 Å².